The third-order valence-electron chi connectivity index (χ3n) is 4.33. The van der Waals surface area contributed by atoms with Crippen LogP contribution in [0.1, 0.15) is 19.3 Å². The van der Waals surface area contributed by atoms with Gasteiger partial charge in [0.25, 0.3) is 0 Å². The fourth-order valence-corrected chi connectivity index (χ4v) is 3.60. The van der Waals surface area contributed by atoms with Crippen molar-refractivity contribution in [1.29, 1.82) is 0 Å². The van der Waals surface area contributed by atoms with E-state index in [0.29, 0.717) is 31.6 Å². The quantitative estimate of drug-likeness (QED) is 0.578. The first-order chi connectivity index (χ1) is 9.08. The van der Waals surface area contributed by atoms with E-state index >= 15 is 0 Å². The van der Waals surface area contributed by atoms with Crippen LogP contribution < -0.4 is 0 Å². The van der Waals surface area contributed by atoms with Crippen molar-refractivity contribution in [2.24, 2.45) is 11.8 Å². The van der Waals surface area contributed by atoms with Gasteiger partial charge in [-0.05, 0) is 12.8 Å². The Bertz CT molecular complexity index is 458. The third-order valence-corrected chi connectivity index (χ3v) is 4.33. The number of hydrogen-bond donors (Lipinski definition) is 1. The van der Waals surface area contributed by atoms with Crippen molar-refractivity contribution in [1.82, 2.24) is 0 Å². The van der Waals surface area contributed by atoms with Crippen molar-refractivity contribution in [3.63, 3.8) is 0 Å². The second-order valence-corrected chi connectivity index (χ2v) is 5.38. The molecule has 0 unspecified atom stereocenters. The van der Waals surface area contributed by atoms with Crippen LogP contribution in [0.5, 0.6) is 0 Å². The van der Waals surface area contributed by atoms with E-state index < -0.39 is 11.8 Å². The minimum Gasteiger partial charge on any atom is -0.512 e. The molecule has 3 aliphatic rings. The number of methoxy groups -OCH3 is 1. The van der Waals surface area contributed by atoms with E-state index in [9.17, 15) is 9.90 Å². The largest absolute Gasteiger partial charge is 0.512 e. The number of hydrogen-bond acceptors (Lipinski definition) is 5. The molecule has 104 valence electrons. The number of rotatable bonds is 1. The summed E-state index contributed by atoms with van der Waals surface area (Å²) in [6, 6.07) is 0. The average Bonchev–Trinajstić information content (AvgIpc) is 2.83. The van der Waals surface area contributed by atoms with Crippen LogP contribution in [-0.2, 0) is 19.0 Å². The summed E-state index contributed by atoms with van der Waals surface area (Å²) >= 11 is 0. The van der Waals surface area contributed by atoms with Gasteiger partial charge < -0.3 is 19.3 Å². The second-order valence-electron chi connectivity index (χ2n) is 5.38. The zero-order valence-electron chi connectivity index (χ0n) is 11.0. The Labute approximate surface area is 111 Å². The summed E-state index contributed by atoms with van der Waals surface area (Å²) in [5.41, 5.74) is 1.36. The lowest BCUT2D eigenvalue weighted by molar-refractivity contribution is -0.238. The van der Waals surface area contributed by atoms with E-state index in [4.69, 9.17) is 14.2 Å². The fraction of sp³-hybridized carbons (Fsp3) is 0.643. The van der Waals surface area contributed by atoms with Gasteiger partial charge in [-0.15, -0.1) is 0 Å². The van der Waals surface area contributed by atoms with Gasteiger partial charge in [0.05, 0.1) is 31.8 Å². The van der Waals surface area contributed by atoms with E-state index in [1.807, 2.05) is 0 Å². The predicted molar refractivity (Wildman–Crippen MR) is 66.3 cm³/mol. The maximum absolute atomic E-state index is 11.9. The number of carbonyl (C=O) groups is 1. The van der Waals surface area contributed by atoms with Crippen LogP contribution in [0.15, 0.2) is 23.5 Å². The highest BCUT2D eigenvalue weighted by Gasteiger charge is 2.59. The smallest absolute Gasteiger partial charge is 0.337 e. The summed E-state index contributed by atoms with van der Waals surface area (Å²) < 4.78 is 16.5. The van der Waals surface area contributed by atoms with Crippen molar-refractivity contribution in [2.45, 2.75) is 25.0 Å². The molecule has 1 saturated heterocycles. The molecule has 1 spiro atoms. The van der Waals surface area contributed by atoms with E-state index in [-0.39, 0.29) is 17.6 Å². The Morgan fingerprint density at radius 1 is 1.37 bits per heavy atom. The summed E-state index contributed by atoms with van der Waals surface area (Å²) in [7, 11) is 1.31. The topological polar surface area (TPSA) is 65.0 Å². The number of carbonyl (C=O) groups excluding carboxylic acids is 1. The van der Waals surface area contributed by atoms with Gasteiger partial charge >= 0.3 is 5.97 Å². The van der Waals surface area contributed by atoms with Crippen molar-refractivity contribution in [3.8, 4) is 0 Å². The lowest BCUT2D eigenvalue weighted by atomic mass is 9.65. The van der Waals surface area contributed by atoms with Gasteiger partial charge in [-0.3, -0.25) is 0 Å². The Morgan fingerprint density at radius 2 is 2.05 bits per heavy atom. The minimum atomic E-state index is -0.781. The average molecular weight is 266 g/mol. The van der Waals surface area contributed by atoms with Crippen molar-refractivity contribution in [2.75, 3.05) is 20.3 Å². The molecule has 0 aromatic carbocycles. The van der Waals surface area contributed by atoms with Crippen molar-refractivity contribution < 1.29 is 24.1 Å². The molecule has 5 nitrogen and oxygen atoms in total. The first-order valence-corrected chi connectivity index (χ1v) is 6.53. The van der Waals surface area contributed by atoms with Gasteiger partial charge in [-0.1, -0.05) is 12.2 Å². The molecule has 2 bridgehead atoms. The zero-order chi connectivity index (χ0) is 13.6. The predicted octanol–water partition coefficient (Wildman–Crippen LogP) is 1.70. The molecule has 1 heterocycles. The van der Waals surface area contributed by atoms with Crippen LogP contribution in [0.25, 0.3) is 0 Å². The van der Waals surface area contributed by atoms with Gasteiger partial charge in [-0.25, -0.2) is 4.79 Å². The molecule has 2 fully saturated rings. The summed E-state index contributed by atoms with van der Waals surface area (Å²) in [6.45, 7) is 5.07. The van der Waals surface area contributed by atoms with Gasteiger partial charge in [0, 0.05) is 12.3 Å². The third kappa shape index (κ3) is 1.72. The number of aliphatic hydroxyl groups is 1. The molecule has 2 atom stereocenters. The second kappa shape index (κ2) is 4.35. The monoisotopic (exact) mass is 266 g/mol. The zero-order valence-corrected chi connectivity index (χ0v) is 11.0. The van der Waals surface area contributed by atoms with Gasteiger partial charge in [0.1, 0.15) is 5.76 Å². The Kier molecular flexibility index (Phi) is 2.91. The Balaban J connectivity index is 2.07. The molecule has 5 heteroatoms. The van der Waals surface area contributed by atoms with Gasteiger partial charge in [0.15, 0.2) is 5.79 Å². The molecule has 1 N–H and O–H groups in total. The lowest BCUT2D eigenvalue weighted by Gasteiger charge is -2.49. The molecule has 2 aliphatic carbocycles. The van der Waals surface area contributed by atoms with E-state index in [0.717, 1.165) is 12.0 Å². The maximum atomic E-state index is 11.9. The van der Waals surface area contributed by atoms with Gasteiger partial charge in [0.2, 0.25) is 0 Å². The summed E-state index contributed by atoms with van der Waals surface area (Å²) in [5.74, 6) is -1.47. The number of esters is 1. The summed E-state index contributed by atoms with van der Waals surface area (Å²) in [5, 5.41) is 10.1. The van der Waals surface area contributed by atoms with Crippen LogP contribution in [0.4, 0.5) is 0 Å². The number of aliphatic hydroxyl groups excluding tert-OH is 1. The first kappa shape index (κ1) is 12.7. The number of ether oxygens (including phenoxy) is 3. The molecule has 3 rings (SSSR count). The molecular weight excluding hydrogens is 248 g/mol. The van der Waals surface area contributed by atoms with E-state index in [2.05, 4.69) is 6.58 Å². The Hall–Kier alpha value is -1.33. The fourth-order valence-electron chi connectivity index (χ4n) is 3.60. The van der Waals surface area contributed by atoms with Crippen molar-refractivity contribution >= 4 is 5.97 Å². The highest BCUT2D eigenvalue weighted by Crippen LogP contribution is 2.54. The normalized spacial score (nSPS) is 32.8. The molecule has 0 radical (unpaired) electrons. The summed E-state index contributed by atoms with van der Waals surface area (Å²) in [6.07, 6.45) is 1.72. The van der Waals surface area contributed by atoms with Gasteiger partial charge in [-0.2, -0.15) is 0 Å². The van der Waals surface area contributed by atoms with Crippen LogP contribution in [0.3, 0.4) is 0 Å². The Morgan fingerprint density at radius 3 is 2.68 bits per heavy atom. The standard InChI is InChI=1S/C14H18O5/c1-8-5-9-7-11(15)12(13(16)17-2)10(6-8)14(9)18-3-4-19-14/h9-10,15H,1,3-7H2,2H3/t9-,10+/m0/s1. The molecule has 0 aromatic heterocycles. The van der Waals surface area contributed by atoms with Crippen molar-refractivity contribution in [3.05, 3.63) is 23.5 Å². The maximum Gasteiger partial charge on any atom is 0.337 e. The van der Waals surface area contributed by atoms with E-state index in [1.54, 1.807) is 0 Å². The molecule has 19 heavy (non-hydrogen) atoms. The molecule has 0 aromatic rings. The SMILES string of the molecule is C=C1C[C@H]2CC(O)=C(C(=O)OC)[C@@H](C1)C21OCCO1. The number of allylic oxidation sites excluding steroid dienone is 2. The summed E-state index contributed by atoms with van der Waals surface area (Å²) in [4.78, 5) is 11.9. The highest BCUT2D eigenvalue weighted by atomic mass is 16.7. The molecule has 1 saturated carbocycles. The van der Waals surface area contributed by atoms with Crippen LogP contribution in [0, 0.1) is 11.8 Å². The van der Waals surface area contributed by atoms with Crippen LogP contribution in [-0.4, -0.2) is 37.2 Å². The van der Waals surface area contributed by atoms with Crippen LogP contribution >= 0.6 is 0 Å². The van der Waals surface area contributed by atoms with Crippen LogP contribution in [0.2, 0.25) is 0 Å². The highest BCUT2D eigenvalue weighted by molar-refractivity contribution is 5.90. The minimum absolute atomic E-state index is 0.0228. The first-order valence-electron chi connectivity index (χ1n) is 6.53. The molecular formula is C14H18O5. The van der Waals surface area contributed by atoms with E-state index in [1.165, 1.54) is 7.11 Å². The lowest BCUT2D eigenvalue weighted by Crippen LogP contribution is -2.54. The molecule has 1 aliphatic heterocycles. The molecule has 0 amide bonds.